The number of aryl methyl sites for hydroxylation is 1. The van der Waals surface area contributed by atoms with Gasteiger partial charge in [-0.3, -0.25) is 4.99 Å². The number of benzene rings is 1. The predicted molar refractivity (Wildman–Crippen MR) is 89.2 cm³/mol. The van der Waals surface area contributed by atoms with Crippen molar-refractivity contribution in [2.75, 3.05) is 7.05 Å². The second-order valence-corrected chi connectivity index (χ2v) is 6.02. The highest BCUT2D eigenvalue weighted by molar-refractivity contribution is 5.80. The fraction of sp³-hybridized carbons (Fsp3) is 0.412. The summed E-state index contributed by atoms with van der Waals surface area (Å²) >= 11 is 0. The molecule has 1 aromatic heterocycles. The van der Waals surface area contributed by atoms with Crippen LogP contribution in [0.3, 0.4) is 0 Å². The van der Waals surface area contributed by atoms with Crippen LogP contribution in [0.1, 0.15) is 24.7 Å². The number of nitrogens with one attached hydrogen (secondary N) is 2. The topological polar surface area (TPSA) is 54.2 Å². The summed E-state index contributed by atoms with van der Waals surface area (Å²) in [5.41, 5.74) is 1.38. The lowest BCUT2D eigenvalue weighted by Crippen LogP contribution is -2.38. The number of halogens is 1. The fourth-order valence-electron chi connectivity index (χ4n) is 2.57. The van der Waals surface area contributed by atoms with Gasteiger partial charge in [0.15, 0.2) is 5.96 Å². The molecule has 2 aromatic rings. The first-order chi connectivity index (χ1) is 11.1. The Bertz CT molecular complexity index is 722. The van der Waals surface area contributed by atoms with E-state index in [0.717, 1.165) is 17.3 Å². The van der Waals surface area contributed by atoms with Gasteiger partial charge in [-0.25, -0.2) is 9.37 Å². The van der Waals surface area contributed by atoms with E-state index in [0.29, 0.717) is 24.2 Å². The number of aromatic nitrogens is 2. The fourth-order valence-corrected chi connectivity index (χ4v) is 2.57. The Labute approximate surface area is 135 Å². The predicted octanol–water partition coefficient (Wildman–Crippen LogP) is 2.39. The van der Waals surface area contributed by atoms with Gasteiger partial charge in [0.2, 0.25) is 0 Å². The first kappa shape index (κ1) is 15.5. The molecule has 0 aliphatic heterocycles. The van der Waals surface area contributed by atoms with Crippen LogP contribution in [-0.2, 0) is 6.54 Å². The number of guanidine groups is 1. The number of aliphatic imine (C=N–C) groups is 1. The quantitative estimate of drug-likeness (QED) is 0.673. The molecule has 0 spiro atoms. The van der Waals surface area contributed by atoms with Gasteiger partial charge in [-0.15, -0.1) is 0 Å². The maximum atomic E-state index is 14.3. The van der Waals surface area contributed by atoms with E-state index in [1.165, 1.54) is 6.42 Å². The molecule has 2 unspecified atom stereocenters. The third kappa shape index (κ3) is 3.52. The van der Waals surface area contributed by atoms with E-state index in [2.05, 4.69) is 27.5 Å². The van der Waals surface area contributed by atoms with Crippen LogP contribution in [-0.4, -0.2) is 28.6 Å². The summed E-state index contributed by atoms with van der Waals surface area (Å²) in [5, 5.41) is 6.57. The van der Waals surface area contributed by atoms with Crippen LogP contribution in [0.2, 0.25) is 0 Å². The second-order valence-electron chi connectivity index (χ2n) is 6.02. The Balaban J connectivity index is 1.65. The summed E-state index contributed by atoms with van der Waals surface area (Å²) in [6.07, 6.45) is 4.60. The number of hydrogen-bond acceptors (Lipinski definition) is 2. The van der Waals surface area contributed by atoms with E-state index in [-0.39, 0.29) is 5.82 Å². The molecule has 1 aliphatic carbocycles. The van der Waals surface area contributed by atoms with Crippen molar-refractivity contribution in [3.05, 3.63) is 47.8 Å². The van der Waals surface area contributed by atoms with Crippen molar-refractivity contribution < 1.29 is 4.39 Å². The van der Waals surface area contributed by atoms with Crippen LogP contribution >= 0.6 is 0 Å². The summed E-state index contributed by atoms with van der Waals surface area (Å²) in [7, 11) is 1.74. The molecule has 23 heavy (non-hydrogen) atoms. The molecule has 1 heterocycles. The molecule has 0 amide bonds. The van der Waals surface area contributed by atoms with E-state index in [9.17, 15) is 4.39 Å². The minimum Gasteiger partial charge on any atom is -0.353 e. The van der Waals surface area contributed by atoms with Gasteiger partial charge in [0.05, 0.1) is 5.69 Å². The number of rotatable bonds is 4. The molecule has 5 nitrogen and oxygen atoms in total. The van der Waals surface area contributed by atoms with Crippen LogP contribution in [0.5, 0.6) is 0 Å². The molecular weight excluding hydrogens is 293 g/mol. The van der Waals surface area contributed by atoms with Crippen LogP contribution in [0, 0.1) is 18.7 Å². The summed E-state index contributed by atoms with van der Waals surface area (Å²) in [4.78, 5) is 8.32. The molecule has 2 atom stereocenters. The van der Waals surface area contributed by atoms with Crippen molar-refractivity contribution in [2.45, 2.75) is 32.9 Å². The second kappa shape index (κ2) is 6.40. The Hall–Kier alpha value is -2.37. The minimum absolute atomic E-state index is 0.260. The molecule has 1 aliphatic rings. The molecule has 6 heteroatoms. The zero-order valence-corrected chi connectivity index (χ0v) is 13.7. The Morgan fingerprint density at radius 1 is 1.48 bits per heavy atom. The van der Waals surface area contributed by atoms with Crippen molar-refractivity contribution in [1.29, 1.82) is 0 Å². The molecule has 2 N–H and O–H groups in total. The summed E-state index contributed by atoms with van der Waals surface area (Å²) < 4.78 is 16.1. The molecule has 0 radical (unpaired) electrons. The minimum atomic E-state index is -0.260. The molecule has 0 bridgehead atoms. The zero-order chi connectivity index (χ0) is 16.4. The molecular formula is C17H22FN5. The Morgan fingerprint density at radius 2 is 2.26 bits per heavy atom. The van der Waals surface area contributed by atoms with Crippen LogP contribution < -0.4 is 10.6 Å². The molecule has 1 saturated carbocycles. The lowest BCUT2D eigenvalue weighted by molar-refractivity contribution is 0.613. The molecule has 3 rings (SSSR count). The van der Waals surface area contributed by atoms with Crippen molar-refractivity contribution >= 4 is 5.96 Å². The van der Waals surface area contributed by atoms with Gasteiger partial charge in [0.1, 0.15) is 11.6 Å². The molecule has 1 fully saturated rings. The number of imidazole rings is 1. The van der Waals surface area contributed by atoms with Gasteiger partial charge in [-0.1, -0.05) is 13.0 Å². The van der Waals surface area contributed by atoms with Crippen LogP contribution in [0.25, 0.3) is 5.69 Å². The van der Waals surface area contributed by atoms with Gasteiger partial charge in [-0.2, -0.15) is 0 Å². The van der Waals surface area contributed by atoms with Crippen molar-refractivity contribution in [3.63, 3.8) is 0 Å². The smallest absolute Gasteiger partial charge is 0.191 e. The highest BCUT2D eigenvalue weighted by Gasteiger charge is 2.33. The maximum Gasteiger partial charge on any atom is 0.191 e. The number of hydrogen-bond donors (Lipinski definition) is 2. The van der Waals surface area contributed by atoms with Crippen LogP contribution in [0.4, 0.5) is 4.39 Å². The third-order valence-corrected chi connectivity index (χ3v) is 4.21. The monoisotopic (exact) mass is 315 g/mol. The van der Waals surface area contributed by atoms with E-state index in [1.54, 1.807) is 36.1 Å². The van der Waals surface area contributed by atoms with Crippen molar-refractivity contribution in [1.82, 2.24) is 20.2 Å². The lowest BCUT2D eigenvalue weighted by atomic mass is 10.2. The van der Waals surface area contributed by atoms with Gasteiger partial charge in [0.25, 0.3) is 0 Å². The largest absolute Gasteiger partial charge is 0.353 e. The van der Waals surface area contributed by atoms with Gasteiger partial charge in [-0.05, 0) is 37.0 Å². The van der Waals surface area contributed by atoms with Gasteiger partial charge in [0, 0.05) is 32.0 Å². The standard InChI is InChI=1S/C17H22FN5/c1-11-8-15(11)22-17(19-3)21-10-13-4-5-16(14(18)9-13)23-7-6-20-12(23)2/h4-7,9,11,15H,8,10H2,1-3H3,(H2,19,21,22). The van der Waals surface area contributed by atoms with E-state index >= 15 is 0 Å². The highest BCUT2D eigenvalue weighted by Crippen LogP contribution is 2.28. The number of nitrogens with zero attached hydrogens (tertiary/aromatic N) is 3. The lowest BCUT2D eigenvalue weighted by Gasteiger charge is -2.13. The molecule has 0 saturated heterocycles. The van der Waals surface area contributed by atoms with Crippen LogP contribution in [0.15, 0.2) is 35.6 Å². The van der Waals surface area contributed by atoms with E-state index in [1.807, 2.05) is 13.0 Å². The molecule has 1 aromatic carbocycles. The Morgan fingerprint density at radius 3 is 2.83 bits per heavy atom. The maximum absolute atomic E-state index is 14.3. The average Bonchev–Trinajstić information content (AvgIpc) is 3.06. The van der Waals surface area contributed by atoms with Gasteiger partial charge < -0.3 is 15.2 Å². The first-order valence-corrected chi connectivity index (χ1v) is 7.84. The van der Waals surface area contributed by atoms with Crippen molar-refractivity contribution in [3.8, 4) is 5.69 Å². The van der Waals surface area contributed by atoms with E-state index in [4.69, 9.17) is 0 Å². The summed E-state index contributed by atoms with van der Waals surface area (Å²) in [5.74, 6) is 1.96. The zero-order valence-electron chi connectivity index (χ0n) is 13.7. The highest BCUT2D eigenvalue weighted by atomic mass is 19.1. The van der Waals surface area contributed by atoms with E-state index < -0.39 is 0 Å². The van der Waals surface area contributed by atoms with Crippen molar-refractivity contribution in [2.24, 2.45) is 10.9 Å². The van der Waals surface area contributed by atoms with Gasteiger partial charge >= 0.3 is 0 Å². The summed E-state index contributed by atoms with van der Waals surface area (Å²) in [6.45, 7) is 4.58. The third-order valence-electron chi connectivity index (χ3n) is 4.21. The average molecular weight is 315 g/mol. The normalized spacial score (nSPS) is 20.4. The molecule has 122 valence electrons. The SMILES string of the molecule is CN=C(NCc1ccc(-n2ccnc2C)c(F)c1)NC1CC1C. The first-order valence-electron chi connectivity index (χ1n) is 7.84. The summed E-state index contributed by atoms with van der Waals surface area (Å²) in [6, 6.07) is 5.75. The Kier molecular flexibility index (Phi) is 4.32.